The summed E-state index contributed by atoms with van der Waals surface area (Å²) in [6.07, 6.45) is 1.12. The standard InChI is InChI=1S/C13H20FNO3S/c1-4-15-10(2)11-5-6-13(12(14)9-11)18-7-8-19(3,16)17/h5-6,9-10,15H,4,7-8H2,1-3H3. The largest absolute Gasteiger partial charge is 0.489 e. The van der Waals surface area contributed by atoms with Gasteiger partial charge in [0.25, 0.3) is 0 Å². The molecule has 1 N–H and O–H groups in total. The van der Waals surface area contributed by atoms with Crippen molar-refractivity contribution in [1.82, 2.24) is 5.32 Å². The summed E-state index contributed by atoms with van der Waals surface area (Å²) in [5.41, 5.74) is 0.829. The molecule has 1 aromatic rings. The molecule has 0 aliphatic rings. The van der Waals surface area contributed by atoms with Gasteiger partial charge in [-0.2, -0.15) is 0 Å². The highest BCUT2D eigenvalue weighted by Gasteiger charge is 2.10. The quantitative estimate of drug-likeness (QED) is 0.833. The van der Waals surface area contributed by atoms with Crippen LogP contribution in [0.25, 0.3) is 0 Å². The maximum absolute atomic E-state index is 13.8. The van der Waals surface area contributed by atoms with E-state index in [2.05, 4.69) is 5.32 Å². The minimum Gasteiger partial charge on any atom is -0.489 e. The third-order valence-electron chi connectivity index (χ3n) is 2.68. The van der Waals surface area contributed by atoms with E-state index in [0.29, 0.717) is 0 Å². The fourth-order valence-electron chi connectivity index (χ4n) is 1.63. The summed E-state index contributed by atoms with van der Waals surface area (Å²) in [6, 6.07) is 4.76. The van der Waals surface area contributed by atoms with Crippen LogP contribution in [0.5, 0.6) is 5.75 Å². The molecule has 108 valence electrons. The molecule has 0 aliphatic carbocycles. The van der Waals surface area contributed by atoms with E-state index in [1.807, 2.05) is 13.8 Å². The van der Waals surface area contributed by atoms with E-state index in [1.165, 1.54) is 12.1 Å². The van der Waals surface area contributed by atoms with E-state index in [4.69, 9.17) is 4.74 Å². The molecule has 0 heterocycles. The molecule has 0 spiro atoms. The van der Waals surface area contributed by atoms with Crippen LogP contribution in [0.1, 0.15) is 25.5 Å². The van der Waals surface area contributed by atoms with E-state index in [-0.39, 0.29) is 24.2 Å². The summed E-state index contributed by atoms with van der Waals surface area (Å²) >= 11 is 0. The first-order valence-corrected chi connectivity index (χ1v) is 8.23. The van der Waals surface area contributed by atoms with Crippen LogP contribution in [0.4, 0.5) is 4.39 Å². The van der Waals surface area contributed by atoms with Gasteiger partial charge in [-0.15, -0.1) is 0 Å². The second-order valence-electron chi connectivity index (χ2n) is 4.45. The molecular formula is C13H20FNO3S. The van der Waals surface area contributed by atoms with Gasteiger partial charge in [-0.3, -0.25) is 0 Å². The third-order valence-corrected chi connectivity index (χ3v) is 3.59. The molecule has 6 heteroatoms. The Hall–Kier alpha value is -1.14. The summed E-state index contributed by atoms with van der Waals surface area (Å²) in [6.45, 7) is 4.69. The summed E-state index contributed by atoms with van der Waals surface area (Å²) < 4.78 is 40.8. The molecule has 0 bridgehead atoms. The first-order valence-electron chi connectivity index (χ1n) is 6.17. The zero-order chi connectivity index (χ0) is 14.5. The monoisotopic (exact) mass is 289 g/mol. The summed E-state index contributed by atoms with van der Waals surface area (Å²) in [7, 11) is -3.09. The zero-order valence-electron chi connectivity index (χ0n) is 11.4. The Morgan fingerprint density at radius 1 is 1.42 bits per heavy atom. The van der Waals surface area contributed by atoms with Crippen molar-refractivity contribution in [3.05, 3.63) is 29.6 Å². The number of hydrogen-bond donors (Lipinski definition) is 1. The van der Waals surface area contributed by atoms with Crippen LogP contribution in [0.3, 0.4) is 0 Å². The van der Waals surface area contributed by atoms with Gasteiger partial charge in [0.1, 0.15) is 6.61 Å². The van der Waals surface area contributed by atoms with Crippen molar-refractivity contribution in [1.29, 1.82) is 0 Å². The highest BCUT2D eigenvalue weighted by Crippen LogP contribution is 2.22. The van der Waals surface area contributed by atoms with Gasteiger partial charge in [-0.1, -0.05) is 13.0 Å². The van der Waals surface area contributed by atoms with Gasteiger partial charge in [0, 0.05) is 12.3 Å². The van der Waals surface area contributed by atoms with Crippen molar-refractivity contribution in [2.45, 2.75) is 19.9 Å². The fraction of sp³-hybridized carbons (Fsp3) is 0.538. The number of ether oxygens (including phenoxy) is 1. The maximum Gasteiger partial charge on any atom is 0.165 e. The smallest absolute Gasteiger partial charge is 0.165 e. The van der Waals surface area contributed by atoms with E-state index in [1.54, 1.807) is 6.07 Å². The Bertz CT molecular complexity index is 517. The van der Waals surface area contributed by atoms with Crippen molar-refractivity contribution < 1.29 is 17.5 Å². The predicted molar refractivity (Wildman–Crippen MR) is 73.7 cm³/mol. The molecule has 4 nitrogen and oxygen atoms in total. The van der Waals surface area contributed by atoms with Gasteiger partial charge >= 0.3 is 0 Å². The molecule has 0 fully saturated rings. The third kappa shape index (κ3) is 5.57. The summed E-state index contributed by atoms with van der Waals surface area (Å²) in [5.74, 6) is -0.519. The number of rotatable bonds is 7. The van der Waals surface area contributed by atoms with Crippen LogP contribution >= 0.6 is 0 Å². The zero-order valence-corrected chi connectivity index (χ0v) is 12.3. The van der Waals surface area contributed by atoms with Gasteiger partial charge in [0.05, 0.1) is 5.75 Å². The second kappa shape index (κ2) is 6.86. The van der Waals surface area contributed by atoms with Crippen LogP contribution in [0, 0.1) is 5.82 Å². The molecule has 0 amide bonds. The van der Waals surface area contributed by atoms with Gasteiger partial charge < -0.3 is 10.1 Å². The number of sulfone groups is 1. The lowest BCUT2D eigenvalue weighted by atomic mass is 10.1. The second-order valence-corrected chi connectivity index (χ2v) is 6.71. The molecule has 0 radical (unpaired) electrons. The van der Waals surface area contributed by atoms with Crippen molar-refractivity contribution in [2.75, 3.05) is 25.2 Å². The highest BCUT2D eigenvalue weighted by molar-refractivity contribution is 7.90. The predicted octanol–water partition coefficient (Wildman–Crippen LogP) is 1.92. The SMILES string of the molecule is CCNC(C)c1ccc(OCCS(C)(=O)=O)c(F)c1. The van der Waals surface area contributed by atoms with Crippen molar-refractivity contribution >= 4 is 9.84 Å². The van der Waals surface area contributed by atoms with E-state index >= 15 is 0 Å². The first kappa shape index (κ1) is 15.9. The Kier molecular flexibility index (Phi) is 5.75. The molecule has 1 unspecified atom stereocenters. The first-order chi connectivity index (χ1) is 8.83. The number of hydrogen-bond acceptors (Lipinski definition) is 4. The number of halogens is 1. The molecule has 19 heavy (non-hydrogen) atoms. The van der Waals surface area contributed by atoms with Gasteiger partial charge in [0.2, 0.25) is 0 Å². The average molecular weight is 289 g/mol. The molecule has 1 aromatic carbocycles. The van der Waals surface area contributed by atoms with E-state index < -0.39 is 15.7 Å². The van der Waals surface area contributed by atoms with Gasteiger partial charge in [0.15, 0.2) is 21.4 Å². The Morgan fingerprint density at radius 3 is 2.63 bits per heavy atom. The Labute approximate surface area is 113 Å². The average Bonchev–Trinajstić information content (AvgIpc) is 2.30. The topological polar surface area (TPSA) is 55.4 Å². The Balaban J connectivity index is 2.67. The fourth-order valence-corrected chi connectivity index (χ4v) is 2.02. The highest BCUT2D eigenvalue weighted by atomic mass is 32.2. The molecule has 0 saturated heterocycles. The summed E-state index contributed by atoms with van der Waals surface area (Å²) in [4.78, 5) is 0. The lowest BCUT2D eigenvalue weighted by Gasteiger charge is -2.14. The van der Waals surface area contributed by atoms with Gasteiger partial charge in [-0.25, -0.2) is 12.8 Å². The molecule has 0 aromatic heterocycles. The van der Waals surface area contributed by atoms with Crippen LogP contribution in [0.15, 0.2) is 18.2 Å². The van der Waals surface area contributed by atoms with Gasteiger partial charge in [-0.05, 0) is 31.2 Å². The van der Waals surface area contributed by atoms with E-state index in [9.17, 15) is 12.8 Å². The number of nitrogens with one attached hydrogen (secondary N) is 1. The normalized spacial score (nSPS) is 13.3. The molecule has 0 saturated carbocycles. The van der Waals surface area contributed by atoms with Crippen molar-refractivity contribution in [3.63, 3.8) is 0 Å². The van der Waals surface area contributed by atoms with Crippen LogP contribution in [0.2, 0.25) is 0 Å². The minimum absolute atomic E-state index is 0.0438. The minimum atomic E-state index is -3.09. The lowest BCUT2D eigenvalue weighted by molar-refractivity contribution is 0.322. The summed E-state index contributed by atoms with van der Waals surface area (Å²) in [5, 5.41) is 3.18. The van der Waals surface area contributed by atoms with Crippen LogP contribution < -0.4 is 10.1 Å². The van der Waals surface area contributed by atoms with E-state index in [0.717, 1.165) is 18.4 Å². The molecule has 1 rings (SSSR count). The molecular weight excluding hydrogens is 269 g/mol. The van der Waals surface area contributed by atoms with Crippen LogP contribution in [-0.4, -0.2) is 33.6 Å². The molecule has 0 aliphatic heterocycles. The lowest BCUT2D eigenvalue weighted by Crippen LogP contribution is -2.18. The van der Waals surface area contributed by atoms with Crippen molar-refractivity contribution in [2.24, 2.45) is 0 Å². The number of benzene rings is 1. The van der Waals surface area contributed by atoms with Crippen LogP contribution in [-0.2, 0) is 9.84 Å². The Morgan fingerprint density at radius 2 is 2.11 bits per heavy atom. The maximum atomic E-state index is 13.8. The molecule has 1 atom stereocenters. The van der Waals surface area contributed by atoms with Crippen molar-refractivity contribution in [3.8, 4) is 5.75 Å².